The maximum atomic E-state index is 11.5. The van der Waals surface area contributed by atoms with Crippen LogP contribution in [0.3, 0.4) is 0 Å². The van der Waals surface area contributed by atoms with Crippen LogP contribution < -0.4 is 0 Å². The number of methoxy groups -OCH3 is 1. The van der Waals surface area contributed by atoms with E-state index in [0.717, 1.165) is 0 Å². The molecule has 0 aliphatic heterocycles. The molecular formula is C17H24O2. The molecule has 0 radical (unpaired) electrons. The minimum absolute atomic E-state index is 0.100. The van der Waals surface area contributed by atoms with Gasteiger partial charge in [-0.05, 0) is 41.2 Å². The summed E-state index contributed by atoms with van der Waals surface area (Å²) >= 11 is 0. The quantitative estimate of drug-likeness (QED) is 0.764. The second-order valence-electron chi connectivity index (χ2n) is 6.60. The van der Waals surface area contributed by atoms with Crippen molar-refractivity contribution in [2.24, 2.45) is 5.92 Å². The lowest BCUT2D eigenvalue weighted by Gasteiger charge is -2.21. The third-order valence-corrected chi connectivity index (χ3v) is 4.01. The van der Waals surface area contributed by atoms with Crippen molar-refractivity contribution < 1.29 is 9.53 Å². The van der Waals surface area contributed by atoms with Gasteiger partial charge in [0.1, 0.15) is 0 Å². The molecule has 104 valence electrons. The van der Waals surface area contributed by atoms with E-state index in [9.17, 15) is 4.79 Å². The number of carbonyl (C=O) groups excluding carboxylic acids is 1. The van der Waals surface area contributed by atoms with Crippen molar-refractivity contribution in [3.8, 4) is 0 Å². The summed E-state index contributed by atoms with van der Waals surface area (Å²) in [6.45, 7) is 6.65. The van der Waals surface area contributed by atoms with Crippen molar-refractivity contribution in [3.05, 3.63) is 35.4 Å². The van der Waals surface area contributed by atoms with Crippen LogP contribution in [-0.2, 0) is 14.9 Å². The maximum Gasteiger partial charge on any atom is 0.306 e. The highest BCUT2D eigenvalue weighted by molar-refractivity contribution is 5.70. The second-order valence-corrected chi connectivity index (χ2v) is 6.60. The molecule has 0 heterocycles. The van der Waals surface area contributed by atoms with E-state index in [1.165, 1.54) is 31.1 Å². The molecule has 0 aromatic heterocycles. The molecule has 1 aromatic carbocycles. The molecule has 1 unspecified atom stereocenters. The Labute approximate surface area is 116 Å². The lowest BCUT2D eigenvalue weighted by Crippen LogP contribution is -2.13. The van der Waals surface area contributed by atoms with Crippen molar-refractivity contribution in [1.29, 1.82) is 0 Å². The molecule has 1 aliphatic carbocycles. The van der Waals surface area contributed by atoms with Crippen LogP contribution in [0.1, 0.15) is 57.1 Å². The van der Waals surface area contributed by atoms with Gasteiger partial charge in [0.2, 0.25) is 0 Å². The molecule has 0 spiro atoms. The maximum absolute atomic E-state index is 11.5. The van der Waals surface area contributed by atoms with Gasteiger partial charge in [0.25, 0.3) is 0 Å². The predicted molar refractivity (Wildman–Crippen MR) is 77.2 cm³/mol. The number of rotatable bonds is 4. The van der Waals surface area contributed by atoms with Crippen molar-refractivity contribution >= 4 is 5.97 Å². The molecule has 2 heteroatoms. The molecule has 2 rings (SSSR count). The number of benzene rings is 1. The van der Waals surface area contributed by atoms with Crippen LogP contribution in [0.4, 0.5) is 0 Å². The first kappa shape index (κ1) is 14.1. The summed E-state index contributed by atoms with van der Waals surface area (Å²) in [5.74, 6) is 0.901. The van der Waals surface area contributed by atoms with Crippen LogP contribution in [0.15, 0.2) is 24.3 Å². The van der Waals surface area contributed by atoms with E-state index in [-0.39, 0.29) is 11.4 Å². The molecular weight excluding hydrogens is 236 g/mol. The second kappa shape index (κ2) is 5.36. The average Bonchev–Trinajstić information content (AvgIpc) is 3.19. The van der Waals surface area contributed by atoms with E-state index in [4.69, 9.17) is 4.74 Å². The van der Waals surface area contributed by atoms with E-state index >= 15 is 0 Å². The number of hydrogen-bond donors (Lipinski definition) is 0. The number of carbonyl (C=O) groups is 1. The van der Waals surface area contributed by atoms with Gasteiger partial charge in [0.05, 0.1) is 13.5 Å². The van der Waals surface area contributed by atoms with Gasteiger partial charge in [-0.3, -0.25) is 4.79 Å². The highest BCUT2D eigenvalue weighted by Gasteiger charge is 2.34. The molecule has 1 aromatic rings. The van der Waals surface area contributed by atoms with Gasteiger partial charge in [0.15, 0.2) is 0 Å². The fourth-order valence-corrected chi connectivity index (χ4v) is 2.55. The smallest absolute Gasteiger partial charge is 0.306 e. The zero-order chi connectivity index (χ0) is 14.0. The number of hydrogen-bond acceptors (Lipinski definition) is 2. The molecule has 0 amide bonds. The van der Waals surface area contributed by atoms with E-state index < -0.39 is 0 Å². The van der Waals surface area contributed by atoms with Crippen molar-refractivity contribution in [3.63, 3.8) is 0 Å². The van der Waals surface area contributed by atoms with Crippen LogP contribution >= 0.6 is 0 Å². The van der Waals surface area contributed by atoms with E-state index in [0.29, 0.717) is 18.3 Å². The van der Waals surface area contributed by atoms with Crippen LogP contribution in [0, 0.1) is 5.92 Å². The van der Waals surface area contributed by atoms with Crippen LogP contribution in [-0.4, -0.2) is 13.1 Å². The Kier molecular flexibility index (Phi) is 3.98. The monoisotopic (exact) mass is 260 g/mol. The lowest BCUT2D eigenvalue weighted by atomic mass is 9.84. The minimum atomic E-state index is -0.100. The topological polar surface area (TPSA) is 26.3 Å². The zero-order valence-corrected chi connectivity index (χ0v) is 12.4. The standard InChI is InChI=1S/C17H24O2/c1-17(2,3)14-9-7-13(8-10-14)15(12-5-6-12)11-16(18)19-4/h7-10,12,15H,5-6,11H2,1-4H3. The molecule has 1 aliphatic rings. The Morgan fingerprint density at radius 2 is 1.84 bits per heavy atom. The Morgan fingerprint density at radius 3 is 2.26 bits per heavy atom. The summed E-state index contributed by atoms with van der Waals surface area (Å²) in [4.78, 5) is 11.5. The molecule has 1 fully saturated rings. The first-order valence-corrected chi connectivity index (χ1v) is 7.09. The Hall–Kier alpha value is -1.31. The van der Waals surface area contributed by atoms with Crippen LogP contribution in [0.5, 0.6) is 0 Å². The molecule has 1 atom stereocenters. The SMILES string of the molecule is COC(=O)CC(c1ccc(C(C)(C)C)cc1)C1CC1. The third kappa shape index (κ3) is 3.59. The highest BCUT2D eigenvalue weighted by Crippen LogP contribution is 2.44. The molecule has 0 saturated heterocycles. The molecule has 19 heavy (non-hydrogen) atoms. The Bertz CT molecular complexity index is 435. The van der Waals surface area contributed by atoms with Gasteiger partial charge < -0.3 is 4.74 Å². The van der Waals surface area contributed by atoms with E-state index in [2.05, 4.69) is 45.0 Å². The fourth-order valence-electron chi connectivity index (χ4n) is 2.55. The summed E-state index contributed by atoms with van der Waals surface area (Å²) in [6.07, 6.45) is 2.99. The molecule has 0 bridgehead atoms. The van der Waals surface area contributed by atoms with Crippen molar-refractivity contribution in [1.82, 2.24) is 0 Å². The summed E-state index contributed by atoms with van der Waals surface area (Å²) in [7, 11) is 1.47. The first-order valence-electron chi connectivity index (χ1n) is 7.09. The first-order chi connectivity index (χ1) is 8.91. The normalized spacial score (nSPS) is 17.1. The summed E-state index contributed by atoms with van der Waals surface area (Å²) in [5.41, 5.74) is 2.79. The summed E-state index contributed by atoms with van der Waals surface area (Å²) < 4.78 is 4.82. The average molecular weight is 260 g/mol. The Morgan fingerprint density at radius 1 is 1.26 bits per heavy atom. The zero-order valence-electron chi connectivity index (χ0n) is 12.4. The lowest BCUT2D eigenvalue weighted by molar-refractivity contribution is -0.141. The molecule has 0 N–H and O–H groups in total. The van der Waals surface area contributed by atoms with Crippen LogP contribution in [0.25, 0.3) is 0 Å². The van der Waals surface area contributed by atoms with Crippen molar-refractivity contribution in [2.45, 2.75) is 51.4 Å². The van der Waals surface area contributed by atoms with E-state index in [1.54, 1.807) is 0 Å². The Balaban J connectivity index is 2.16. The minimum Gasteiger partial charge on any atom is -0.469 e. The molecule has 2 nitrogen and oxygen atoms in total. The van der Waals surface area contributed by atoms with Gasteiger partial charge in [-0.1, -0.05) is 45.0 Å². The third-order valence-electron chi connectivity index (χ3n) is 4.01. The van der Waals surface area contributed by atoms with Gasteiger partial charge in [-0.2, -0.15) is 0 Å². The van der Waals surface area contributed by atoms with Gasteiger partial charge in [-0.15, -0.1) is 0 Å². The van der Waals surface area contributed by atoms with Crippen molar-refractivity contribution in [2.75, 3.05) is 7.11 Å². The van der Waals surface area contributed by atoms with Gasteiger partial charge >= 0.3 is 5.97 Å². The predicted octanol–water partition coefficient (Wildman–Crippen LogP) is 4.04. The fraction of sp³-hybridized carbons (Fsp3) is 0.588. The van der Waals surface area contributed by atoms with Gasteiger partial charge in [-0.25, -0.2) is 0 Å². The largest absolute Gasteiger partial charge is 0.469 e. The number of ether oxygens (including phenoxy) is 1. The summed E-state index contributed by atoms with van der Waals surface area (Å²) in [6, 6.07) is 8.77. The highest BCUT2D eigenvalue weighted by atomic mass is 16.5. The summed E-state index contributed by atoms with van der Waals surface area (Å²) in [5, 5.41) is 0. The number of esters is 1. The molecule has 1 saturated carbocycles. The van der Waals surface area contributed by atoms with Crippen LogP contribution in [0.2, 0.25) is 0 Å². The van der Waals surface area contributed by atoms with E-state index in [1.807, 2.05) is 0 Å². The van der Waals surface area contributed by atoms with Gasteiger partial charge in [0, 0.05) is 0 Å².